The van der Waals surface area contributed by atoms with Gasteiger partial charge >= 0.3 is 6.18 Å². The molecule has 1 aliphatic heterocycles. The molecule has 7 nitrogen and oxygen atoms in total. The average molecular weight is 420 g/mol. The maximum absolute atomic E-state index is 13.5. The summed E-state index contributed by atoms with van der Waals surface area (Å²) in [4.78, 5) is 22.7. The van der Waals surface area contributed by atoms with Crippen LogP contribution in [0.1, 0.15) is 55.7 Å². The normalized spacial score (nSPS) is 18.3. The van der Waals surface area contributed by atoms with Gasteiger partial charge in [0.1, 0.15) is 5.69 Å². The lowest BCUT2D eigenvalue weighted by atomic mass is 10.1. The molecule has 0 unspecified atom stereocenters. The number of hydrogen-bond acceptors (Lipinski definition) is 4. The van der Waals surface area contributed by atoms with Crippen LogP contribution in [-0.4, -0.2) is 48.0 Å². The summed E-state index contributed by atoms with van der Waals surface area (Å²) in [5.74, 6) is -0.0878. The fourth-order valence-corrected chi connectivity index (χ4v) is 3.87. The minimum atomic E-state index is -4.52. The van der Waals surface area contributed by atoms with Crippen LogP contribution < -0.4 is 0 Å². The predicted molar refractivity (Wildman–Crippen MR) is 103 cm³/mol. The lowest BCUT2D eigenvalue weighted by Gasteiger charge is -2.19. The second kappa shape index (κ2) is 7.73. The van der Waals surface area contributed by atoms with Crippen LogP contribution in [0, 0.1) is 0 Å². The number of fused-ring (bicyclic) bond motifs is 1. The van der Waals surface area contributed by atoms with Gasteiger partial charge in [-0.2, -0.15) is 18.3 Å². The van der Waals surface area contributed by atoms with E-state index in [0.717, 1.165) is 10.6 Å². The van der Waals surface area contributed by atoms with Crippen LogP contribution in [0.2, 0.25) is 0 Å². The van der Waals surface area contributed by atoms with E-state index in [0.29, 0.717) is 43.7 Å². The van der Waals surface area contributed by atoms with Crippen molar-refractivity contribution >= 4 is 11.6 Å². The number of carbonyl (C=O) groups excluding carboxylic acids is 1. The highest BCUT2D eigenvalue weighted by Gasteiger charge is 2.36. The molecule has 0 N–H and O–H groups in total. The van der Waals surface area contributed by atoms with Gasteiger partial charge in [0.25, 0.3) is 0 Å². The van der Waals surface area contributed by atoms with E-state index in [9.17, 15) is 18.0 Å². The molecular weight excluding hydrogens is 397 g/mol. The van der Waals surface area contributed by atoms with Gasteiger partial charge in [0.05, 0.1) is 12.0 Å². The van der Waals surface area contributed by atoms with Crippen molar-refractivity contribution < 1.29 is 18.0 Å². The van der Waals surface area contributed by atoms with Crippen molar-refractivity contribution in [3.05, 3.63) is 47.9 Å². The summed E-state index contributed by atoms with van der Waals surface area (Å²) in [5, 5.41) is 4.22. The molecule has 160 valence electrons. The Hall–Kier alpha value is -2.91. The molecule has 3 aromatic rings. The molecule has 4 rings (SSSR count). The van der Waals surface area contributed by atoms with Crippen molar-refractivity contribution in [1.82, 2.24) is 29.0 Å². The Bertz CT molecular complexity index is 1040. The van der Waals surface area contributed by atoms with Crippen LogP contribution in [-0.2, 0) is 17.4 Å². The van der Waals surface area contributed by atoms with Gasteiger partial charge in [-0.3, -0.25) is 4.79 Å². The minimum Gasteiger partial charge on any atom is -0.342 e. The maximum Gasteiger partial charge on any atom is 0.433 e. The minimum absolute atomic E-state index is 0.0137. The quantitative estimate of drug-likeness (QED) is 0.634. The van der Waals surface area contributed by atoms with E-state index in [1.807, 2.05) is 17.7 Å². The first-order valence-electron chi connectivity index (χ1n) is 9.98. The van der Waals surface area contributed by atoms with E-state index < -0.39 is 11.9 Å². The predicted octanol–water partition coefficient (Wildman–Crippen LogP) is 3.47. The molecule has 10 heteroatoms. The molecule has 1 fully saturated rings. The first kappa shape index (κ1) is 20.4. The molecule has 1 amide bonds. The second-order valence-electron chi connectivity index (χ2n) is 7.71. The molecule has 0 bridgehead atoms. The number of halogens is 3. The van der Waals surface area contributed by atoms with E-state index in [2.05, 4.69) is 15.1 Å². The van der Waals surface area contributed by atoms with Gasteiger partial charge < -0.3 is 9.47 Å². The number of aromatic nitrogens is 5. The number of likely N-dealkylation sites (tertiary alicyclic amines) is 1. The number of nitrogens with zero attached hydrogens (tertiary/aromatic N) is 6. The Labute approximate surface area is 171 Å². The first-order valence-corrected chi connectivity index (χ1v) is 9.98. The molecule has 1 saturated heterocycles. The standard InChI is InChI=1S/C20H23F3N6O/c1-3-15-9-17(20(21,22)23)29-18(25-15)10-16(26-29)14-4-6-27(11-14)19(30)8-13(2)28-7-5-24-12-28/h5,7,9-10,12-14H,3-4,6,8,11H2,1-2H3/t13-,14-/m0/s1. The third-order valence-electron chi connectivity index (χ3n) is 5.61. The van der Waals surface area contributed by atoms with Gasteiger partial charge in [-0.25, -0.2) is 14.5 Å². The average Bonchev–Trinajstić information content (AvgIpc) is 3.45. The van der Waals surface area contributed by atoms with Crippen molar-refractivity contribution in [1.29, 1.82) is 0 Å². The van der Waals surface area contributed by atoms with Gasteiger partial charge in [-0.05, 0) is 25.8 Å². The zero-order valence-corrected chi connectivity index (χ0v) is 16.8. The molecule has 2 atom stereocenters. The van der Waals surface area contributed by atoms with Crippen LogP contribution >= 0.6 is 0 Å². The Morgan fingerprint density at radius 2 is 2.13 bits per heavy atom. The number of hydrogen-bond donors (Lipinski definition) is 0. The molecular formula is C20H23F3N6O. The summed E-state index contributed by atoms with van der Waals surface area (Å²) in [5.41, 5.74) is 0.281. The molecule has 0 aromatic carbocycles. The molecule has 4 heterocycles. The van der Waals surface area contributed by atoms with Gasteiger partial charge in [0.15, 0.2) is 5.65 Å². The monoisotopic (exact) mass is 420 g/mol. The molecule has 0 radical (unpaired) electrons. The number of alkyl halides is 3. The van der Waals surface area contributed by atoms with Gasteiger partial charge in [-0.1, -0.05) is 6.92 Å². The molecule has 0 spiro atoms. The fraction of sp³-hybridized carbons (Fsp3) is 0.500. The maximum atomic E-state index is 13.5. The van der Waals surface area contributed by atoms with Crippen molar-refractivity contribution in [3.8, 4) is 0 Å². The molecule has 3 aromatic heterocycles. The summed E-state index contributed by atoms with van der Waals surface area (Å²) in [6.45, 7) is 4.72. The number of imidazole rings is 1. The summed E-state index contributed by atoms with van der Waals surface area (Å²) < 4.78 is 43.2. The summed E-state index contributed by atoms with van der Waals surface area (Å²) in [7, 11) is 0. The Kier molecular flexibility index (Phi) is 5.25. The van der Waals surface area contributed by atoms with E-state index >= 15 is 0 Å². The summed E-state index contributed by atoms with van der Waals surface area (Å²) in [6, 6.07) is 2.65. The molecule has 30 heavy (non-hydrogen) atoms. The number of aryl methyl sites for hydroxylation is 1. The summed E-state index contributed by atoms with van der Waals surface area (Å²) >= 11 is 0. The Balaban J connectivity index is 1.52. The van der Waals surface area contributed by atoms with Gasteiger partial charge in [-0.15, -0.1) is 0 Å². The lowest BCUT2D eigenvalue weighted by molar-refractivity contribution is -0.142. The van der Waals surface area contributed by atoms with Crippen LogP contribution in [0.3, 0.4) is 0 Å². The Morgan fingerprint density at radius 3 is 2.80 bits per heavy atom. The SMILES string of the molecule is CCc1cc(C(F)(F)F)n2nc([C@H]3CCN(C(=O)C[C@H](C)n4ccnc4)C3)cc2n1. The highest BCUT2D eigenvalue weighted by molar-refractivity contribution is 5.77. The van der Waals surface area contributed by atoms with Crippen LogP contribution in [0.15, 0.2) is 30.9 Å². The van der Waals surface area contributed by atoms with Gasteiger partial charge in [0, 0.05) is 55.6 Å². The topological polar surface area (TPSA) is 68.3 Å². The number of carbonyl (C=O) groups is 1. The molecule has 0 aliphatic carbocycles. The molecule has 0 saturated carbocycles. The van der Waals surface area contributed by atoms with Crippen molar-refractivity contribution in [2.75, 3.05) is 13.1 Å². The second-order valence-corrected chi connectivity index (χ2v) is 7.71. The molecule has 1 aliphatic rings. The first-order chi connectivity index (χ1) is 14.3. The van der Waals surface area contributed by atoms with Crippen molar-refractivity contribution in [3.63, 3.8) is 0 Å². The van der Waals surface area contributed by atoms with Crippen molar-refractivity contribution in [2.24, 2.45) is 0 Å². The third kappa shape index (κ3) is 3.90. The fourth-order valence-electron chi connectivity index (χ4n) is 3.87. The highest BCUT2D eigenvalue weighted by atomic mass is 19.4. The number of rotatable bonds is 5. The van der Waals surface area contributed by atoms with E-state index in [4.69, 9.17) is 0 Å². The zero-order chi connectivity index (χ0) is 21.5. The number of amides is 1. The van der Waals surface area contributed by atoms with Crippen LogP contribution in [0.25, 0.3) is 5.65 Å². The lowest BCUT2D eigenvalue weighted by Crippen LogP contribution is -2.30. The highest BCUT2D eigenvalue weighted by Crippen LogP contribution is 2.32. The van der Waals surface area contributed by atoms with Crippen LogP contribution in [0.5, 0.6) is 0 Å². The van der Waals surface area contributed by atoms with E-state index in [1.54, 1.807) is 30.4 Å². The van der Waals surface area contributed by atoms with Crippen LogP contribution in [0.4, 0.5) is 13.2 Å². The smallest absolute Gasteiger partial charge is 0.342 e. The van der Waals surface area contributed by atoms with E-state index in [1.165, 1.54) is 0 Å². The summed E-state index contributed by atoms with van der Waals surface area (Å²) in [6.07, 6.45) is 2.05. The Morgan fingerprint density at radius 1 is 1.33 bits per heavy atom. The third-order valence-corrected chi connectivity index (χ3v) is 5.61. The largest absolute Gasteiger partial charge is 0.433 e. The van der Waals surface area contributed by atoms with Crippen molar-refractivity contribution in [2.45, 2.75) is 51.2 Å². The van der Waals surface area contributed by atoms with Gasteiger partial charge in [0.2, 0.25) is 5.91 Å². The van der Waals surface area contributed by atoms with E-state index in [-0.39, 0.29) is 23.5 Å². The zero-order valence-electron chi connectivity index (χ0n) is 16.8.